The zero-order valence-corrected chi connectivity index (χ0v) is 10.7. The van der Waals surface area contributed by atoms with Gasteiger partial charge in [0.05, 0.1) is 12.8 Å². The van der Waals surface area contributed by atoms with Gasteiger partial charge in [-0.1, -0.05) is 6.07 Å². The highest BCUT2D eigenvalue weighted by atomic mass is 32.1. The van der Waals surface area contributed by atoms with E-state index >= 15 is 0 Å². The Bertz CT molecular complexity index is 391. The maximum absolute atomic E-state index is 11.5. The van der Waals surface area contributed by atoms with Crippen molar-refractivity contribution in [3.63, 3.8) is 0 Å². The van der Waals surface area contributed by atoms with Gasteiger partial charge in [0.2, 0.25) is 5.91 Å². The SMILES string of the molecule is COc1cc(C)cc(C)c1NC(=O)CCS. The van der Waals surface area contributed by atoms with Crippen molar-refractivity contribution < 1.29 is 9.53 Å². The third-order valence-electron chi connectivity index (χ3n) is 2.27. The van der Waals surface area contributed by atoms with Crippen molar-refractivity contribution >= 4 is 24.2 Å². The molecule has 1 amide bonds. The summed E-state index contributed by atoms with van der Waals surface area (Å²) in [5.41, 5.74) is 2.87. The average molecular weight is 239 g/mol. The van der Waals surface area contributed by atoms with Crippen LogP contribution in [0.15, 0.2) is 12.1 Å². The molecule has 16 heavy (non-hydrogen) atoms. The maximum Gasteiger partial charge on any atom is 0.225 e. The van der Waals surface area contributed by atoms with Crippen LogP contribution >= 0.6 is 12.6 Å². The van der Waals surface area contributed by atoms with E-state index in [1.807, 2.05) is 26.0 Å². The summed E-state index contributed by atoms with van der Waals surface area (Å²) < 4.78 is 5.25. The van der Waals surface area contributed by atoms with E-state index in [0.29, 0.717) is 17.9 Å². The molecule has 0 saturated heterocycles. The molecular weight excluding hydrogens is 222 g/mol. The summed E-state index contributed by atoms with van der Waals surface area (Å²) >= 11 is 4.03. The first-order valence-corrected chi connectivity index (χ1v) is 5.77. The first-order valence-electron chi connectivity index (χ1n) is 5.14. The highest BCUT2D eigenvalue weighted by Gasteiger charge is 2.10. The standard InChI is InChI=1S/C12H17NO2S/c1-8-6-9(2)12(10(7-8)15-3)13-11(14)4-5-16/h6-7,16H,4-5H2,1-3H3,(H,13,14). The van der Waals surface area contributed by atoms with E-state index in [-0.39, 0.29) is 5.91 Å². The van der Waals surface area contributed by atoms with E-state index in [2.05, 4.69) is 17.9 Å². The number of carbonyl (C=O) groups is 1. The molecule has 0 atom stereocenters. The first kappa shape index (κ1) is 12.9. The number of nitrogens with one attached hydrogen (secondary N) is 1. The largest absolute Gasteiger partial charge is 0.495 e. The fraction of sp³-hybridized carbons (Fsp3) is 0.417. The predicted octanol–water partition coefficient (Wildman–Crippen LogP) is 2.57. The summed E-state index contributed by atoms with van der Waals surface area (Å²) in [7, 11) is 1.60. The minimum atomic E-state index is -0.0414. The van der Waals surface area contributed by atoms with Gasteiger partial charge in [-0.15, -0.1) is 0 Å². The number of carbonyl (C=O) groups excluding carboxylic acids is 1. The Morgan fingerprint density at radius 3 is 2.69 bits per heavy atom. The number of ether oxygens (including phenoxy) is 1. The van der Waals surface area contributed by atoms with Crippen LogP contribution < -0.4 is 10.1 Å². The monoisotopic (exact) mass is 239 g/mol. The Labute approximate surface area is 102 Å². The average Bonchev–Trinajstić information content (AvgIpc) is 2.22. The Morgan fingerprint density at radius 2 is 2.12 bits per heavy atom. The molecule has 1 aromatic rings. The van der Waals surface area contributed by atoms with Gasteiger partial charge in [-0.3, -0.25) is 4.79 Å². The lowest BCUT2D eigenvalue weighted by Gasteiger charge is -2.13. The molecule has 1 N–H and O–H groups in total. The van der Waals surface area contributed by atoms with Crippen LogP contribution in [0.25, 0.3) is 0 Å². The first-order chi connectivity index (χ1) is 7.58. The zero-order chi connectivity index (χ0) is 12.1. The van der Waals surface area contributed by atoms with Crippen LogP contribution in [0, 0.1) is 13.8 Å². The molecule has 0 saturated carbocycles. The number of rotatable bonds is 4. The minimum Gasteiger partial charge on any atom is -0.495 e. The van der Waals surface area contributed by atoms with Gasteiger partial charge < -0.3 is 10.1 Å². The van der Waals surface area contributed by atoms with Crippen molar-refractivity contribution in [1.82, 2.24) is 0 Å². The molecule has 0 fully saturated rings. The van der Waals surface area contributed by atoms with Gasteiger partial charge in [0.1, 0.15) is 5.75 Å². The third kappa shape index (κ3) is 3.17. The normalized spacial score (nSPS) is 10.0. The quantitative estimate of drug-likeness (QED) is 0.793. The second-order valence-electron chi connectivity index (χ2n) is 3.68. The Balaban J connectivity index is 2.98. The molecule has 3 nitrogen and oxygen atoms in total. The van der Waals surface area contributed by atoms with Crippen molar-refractivity contribution in [3.8, 4) is 5.75 Å². The molecular formula is C12H17NO2S. The van der Waals surface area contributed by atoms with Gasteiger partial charge >= 0.3 is 0 Å². The second-order valence-corrected chi connectivity index (χ2v) is 4.13. The van der Waals surface area contributed by atoms with Gasteiger partial charge in [0.15, 0.2) is 0 Å². The summed E-state index contributed by atoms with van der Waals surface area (Å²) in [5, 5.41) is 2.85. The van der Waals surface area contributed by atoms with Crippen molar-refractivity contribution in [2.75, 3.05) is 18.2 Å². The molecule has 0 bridgehead atoms. The molecule has 0 aliphatic rings. The molecule has 1 rings (SSSR count). The molecule has 0 heterocycles. The Hall–Kier alpha value is -1.16. The smallest absolute Gasteiger partial charge is 0.225 e. The number of aryl methyl sites for hydroxylation is 2. The summed E-state index contributed by atoms with van der Waals surface area (Å²) in [6, 6.07) is 3.92. The van der Waals surface area contributed by atoms with Crippen LogP contribution in [-0.2, 0) is 4.79 Å². The molecule has 0 spiro atoms. The number of amides is 1. The van der Waals surface area contributed by atoms with E-state index < -0.39 is 0 Å². The molecule has 88 valence electrons. The van der Waals surface area contributed by atoms with Gasteiger partial charge in [0, 0.05) is 6.42 Å². The highest BCUT2D eigenvalue weighted by Crippen LogP contribution is 2.29. The lowest BCUT2D eigenvalue weighted by atomic mass is 10.1. The molecule has 1 aromatic carbocycles. The van der Waals surface area contributed by atoms with Gasteiger partial charge in [0.25, 0.3) is 0 Å². The van der Waals surface area contributed by atoms with Crippen molar-refractivity contribution in [3.05, 3.63) is 23.3 Å². The summed E-state index contributed by atoms with van der Waals surface area (Å²) in [6.07, 6.45) is 0.402. The summed E-state index contributed by atoms with van der Waals surface area (Å²) in [4.78, 5) is 11.5. The molecule has 4 heteroatoms. The van der Waals surface area contributed by atoms with E-state index in [9.17, 15) is 4.79 Å². The van der Waals surface area contributed by atoms with Crippen molar-refractivity contribution in [2.45, 2.75) is 20.3 Å². The van der Waals surface area contributed by atoms with E-state index in [1.165, 1.54) is 0 Å². The molecule has 0 radical (unpaired) electrons. The van der Waals surface area contributed by atoms with Gasteiger partial charge in [-0.05, 0) is 36.8 Å². The molecule has 0 aliphatic carbocycles. The lowest BCUT2D eigenvalue weighted by molar-refractivity contribution is -0.115. The van der Waals surface area contributed by atoms with Crippen molar-refractivity contribution in [1.29, 1.82) is 0 Å². The van der Waals surface area contributed by atoms with Crippen molar-refractivity contribution in [2.24, 2.45) is 0 Å². The number of methoxy groups -OCH3 is 1. The van der Waals surface area contributed by atoms with Gasteiger partial charge in [-0.2, -0.15) is 12.6 Å². The fourth-order valence-electron chi connectivity index (χ4n) is 1.55. The van der Waals surface area contributed by atoms with Crippen LogP contribution in [0.4, 0.5) is 5.69 Å². The Morgan fingerprint density at radius 1 is 1.44 bits per heavy atom. The number of anilines is 1. The topological polar surface area (TPSA) is 38.3 Å². The molecule has 0 aliphatic heterocycles. The minimum absolute atomic E-state index is 0.0414. The highest BCUT2D eigenvalue weighted by molar-refractivity contribution is 7.80. The van der Waals surface area contributed by atoms with E-state index in [4.69, 9.17) is 4.74 Å². The number of hydrogen-bond acceptors (Lipinski definition) is 3. The summed E-state index contributed by atoms with van der Waals surface area (Å²) in [6.45, 7) is 3.95. The van der Waals surface area contributed by atoms with Crippen LogP contribution in [0.5, 0.6) is 5.75 Å². The molecule has 0 aromatic heterocycles. The van der Waals surface area contributed by atoms with Crippen LogP contribution in [0.3, 0.4) is 0 Å². The lowest BCUT2D eigenvalue weighted by Crippen LogP contribution is -2.13. The van der Waals surface area contributed by atoms with E-state index in [1.54, 1.807) is 7.11 Å². The van der Waals surface area contributed by atoms with E-state index in [0.717, 1.165) is 16.8 Å². The zero-order valence-electron chi connectivity index (χ0n) is 9.83. The predicted molar refractivity (Wildman–Crippen MR) is 69.6 cm³/mol. The maximum atomic E-state index is 11.5. The van der Waals surface area contributed by atoms with Gasteiger partial charge in [-0.25, -0.2) is 0 Å². The molecule has 0 unspecified atom stereocenters. The Kier molecular flexibility index (Phi) is 4.68. The number of thiol groups is 1. The fourth-order valence-corrected chi connectivity index (χ4v) is 1.76. The summed E-state index contributed by atoms with van der Waals surface area (Å²) in [5.74, 6) is 1.20. The van der Waals surface area contributed by atoms with Crippen LogP contribution in [0.2, 0.25) is 0 Å². The van der Waals surface area contributed by atoms with Crippen LogP contribution in [0.1, 0.15) is 17.5 Å². The third-order valence-corrected chi connectivity index (χ3v) is 2.49. The number of benzene rings is 1. The second kappa shape index (κ2) is 5.80. The van der Waals surface area contributed by atoms with Crippen LogP contribution in [-0.4, -0.2) is 18.8 Å². The number of hydrogen-bond donors (Lipinski definition) is 2.